The monoisotopic (exact) mass is 321 g/mol. The predicted molar refractivity (Wildman–Crippen MR) is 90.1 cm³/mol. The Balaban J connectivity index is 3.18. The molecule has 5 nitrogen and oxygen atoms in total. The van der Waals surface area contributed by atoms with Crippen molar-refractivity contribution in [2.24, 2.45) is 0 Å². The number of rotatable bonds is 5. The van der Waals surface area contributed by atoms with E-state index < -0.39 is 20.2 Å². The van der Waals surface area contributed by atoms with Crippen LogP contribution in [0.4, 0.5) is 5.69 Å². The molecule has 1 aromatic carbocycles. The summed E-state index contributed by atoms with van der Waals surface area (Å²) in [7, 11) is -2.15. The second-order valence-corrected chi connectivity index (χ2v) is 11.3. The summed E-state index contributed by atoms with van der Waals surface area (Å²) < 4.78 is 6.07. The fourth-order valence-corrected chi connectivity index (χ4v) is 2.52. The Labute approximate surface area is 132 Å². The highest BCUT2D eigenvalue weighted by molar-refractivity contribution is 6.74. The lowest BCUT2D eigenvalue weighted by molar-refractivity contribution is -0.111. The quantitative estimate of drug-likeness (QED) is 0.637. The van der Waals surface area contributed by atoms with E-state index in [-0.39, 0.29) is 10.6 Å². The molecule has 0 spiro atoms. The maximum atomic E-state index is 11.5. The van der Waals surface area contributed by atoms with E-state index in [4.69, 9.17) is 4.43 Å². The second-order valence-electron chi connectivity index (χ2n) is 6.57. The van der Waals surface area contributed by atoms with E-state index in [9.17, 15) is 14.7 Å². The Hall–Kier alpha value is -2.08. The van der Waals surface area contributed by atoms with E-state index in [0.717, 1.165) is 6.08 Å². The maximum absolute atomic E-state index is 11.5. The van der Waals surface area contributed by atoms with Crippen LogP contribution in [0.3, 0.4) is 0 Å². The van der Waals surface area contributed by atoms with Crippen LogP contribution in [0.1, 0.15) is 31.1 Å². The van der Waals surface area contributed by atoms with Crippen molar-refractivity contribution in [1.82, 2.24) is 0 Å². The predicted octanol–water partition coefficient (Wildman–Crippen LogP) is 3.89. The molecule has 0 aliphatic carbocycles. The Kier molecular flexibility index (Phi) is 5.19. The molecular formula is C16H23NO4Si. The molecule has 0 aliphatic rings. The number of carboxylic acids is 1. The topological polar surface area (TPSA) is 75.6 Å². The van der Waals surface area contributed by atoms with Gasteiger partial charge in [-0.25, -0.2) is 4.79 Å². The van der Waals surface area contributed by atoms with Gasteiger partial charge in [0, 0.05) is 5.69 Å². The molecule has 2 N–H and O–H groups in total. The van der Waals surface area contributed by atoms with Gasteiger partial charge in [0.15, 0.2) is 0 Å². The number of carbonyl (C=O) groups excluding carboxylic acids is 1. The van der Waals surface area contributed by atoms with Crippen LogP contribution in [0.2, 0.25) is 18.1 Å². The second kappa shape index (κ2) is 6.35. The lowest BCUT2D eigenvalue weighted by Gasteiger charge is -2.36. The number of benzene rings is 1. The average Bonchev–Trinajstić information content (AvgIpc) is 2.38. The van der Waals surface area contributed by atoms with E-state index in [1.54, 1.807) is 12.1 Å². The van der Waals surface area contributed by atoms with Crippen molar-refractivity contribution < 1.29 is 19.1 Å². The zero-order valence-electron chi connectivity index (χ0n) is 13.7. The molecule has 0 fully saturated rings. The highest BCUT2D eigenvalue weighted by Gasteiger charge is 2.39. The van der Waals surface area contributed by atoms with Crippen molar-refractivity contribution in [3.63, 3.8) is 0 Å². The number of aromatic carboxylic acids is 1. The van der Waals surface area contributed by atoms with Gasteiger partial charge in [-0.3, -0.25) is 4.79 Å². The number of hydrogen-bond acceptors (Lipinski definition) is 3. The number of carboxylic acid groups (broad SMARTS) is 1. The Bertz CT molecular complexity index is 603. The van der Waals surface area contributed by atoms with Gasteiger partial charge in [0.05, 0.1) is 0 Å². The van der Waals surface area contributed by atoms with Gasteiger partial charge in [-0.1, -0.05) is 27.4 Å². The van der Waals surface area contributed by atoms with Crippen molar-refractivity contribution in [3.05, 3.63) is 36.4 Å². The summed E-state index contributed by atoms with van der Waals surface area (Å²) in [4.78, 5) is 22.8. The van der Waals surface area contributed by atoms with Crippen LogP contribution in [-0.2, 0) is 4.79 Å². The lowest BCUT2D eigenvalue weighted by atomic mass is 10.2. The van der Waals surface area contributed by atoms with E-state index in [0.29, 0.717) is 11.4 Å². The highest BCUT2D eigenvalue weighted by Crippen LogP contribution is 2.38. The first-order chi connectivity index (χ1) is 9.98. The summed E-state index contributed by atoms with van der Waals surface area (Å²) in [6, 6.07) is 4.60. The van der Waals surface area contributed by atoms with Gasteiger partial charge >= 0.3 is 5.97 Å². The first-order valence-corrected chi connectivity index (χ1v) is 9.88. The summed E-state index contributed by atoms with van der Waals surface area (Å²) in [5.41, 5.74) is 0.427. The third kappa shape index (κ3) is 4.21. The van der Waals surface area contributed by atoms with Crippen LogP contribution in [0.25, 0.3) is 0 Å². The van der Waals surface area contributed by atoms with E-state index in [1.165, 1.54) is 6.07 Å². The molecular weight excluding hydrogens is 298 g/mol. The summed E-state index contributed by atoms with van der Waals surface area (Å²) in [5.74, 6) is -1.16. The summed E-state index contributed by atoms with van der Waals surface area (Å²) in [6.07, 6.45) is 1.13. The zero-order chi connectivity index (χ0) is 17.1. The fourth-order valence-electron chi connectivity index (χ4n) is 1.49. The Morgan fingerprint density at radius 3 is 2.36 bits per heavy atom. The summed E-state index contributed by atoms with van der Waals surface area (Å²) in [6.45, 7) is 13.7. The van der Waals surface area contributed by atoms with Gasteiger partial charge in [-0.15, -0.1) is 0 Å². The molecule has 0 saturated heterocycles. The molecule has 0 unspecified atom stereocenters. The smallest absolute Gasteiger partial charge is 0.339 e. The number of nitrogens with one attached hydrogen (secondary N) is 1. The molecule has 0 heterocycles. The fraction of sp³-hybridized carbons (Fsp3) is 0.375. The molecule has 22 heavy (non-hydrogen) atoms. The van der Waals surface area contributed by atoms with Crippen LogP contribution in [0.15, 0.2) is 30.9 Å². The van der Waals surface area contributed by atoms with Gasteiger partial charge in [-0.05, 0) is 42.4 Å². The molecule has 0 radical (unpaired) electrons. The number of hydrogen-bond donors (Lipinski definition) is 2. The van der Waals surface area contributed by atoms with Gasteiger partial charge in [0.1, 0.15) is 11.3 Å². The zero-order valence-corrected chi connectivity index (χ0v) is 14.7. The minimum atomic E-state index is -2.15. The molecule has 0 aliphatic heterocycles. The SMILES string of the molecule is C=CC(=O)Nc1ccc(O[Si](C)(C)C(C)(C)C)c(C(=O)O)c1. The lowest BCUT2D eigenvalue weighted by Crippen LogP contribution is -2.44. The number of carbonyl (C=O) groups is 2. The van der Waals surface area contributed by atoms with Crippen molar-refractivity contribution in [3.8, 4) is 5.75 Å². The standard InChI is InChI=1S/C16H23NO4Si/c1-7-14(18)17-11-8-9-13(12(10-11)15(19)20)21-22(5,6)16(2,3)4/h7-10H,1H2,2-6H3,(H,17,18)(H,19,20). The maximum Gasteiger partial charge on any atom is 0.339 e. The Morgan fingerprint density at radius 1 is 1.32 bits per heavy atom. The minimum absolute atomic E-state index is 0.0340. The molecule has 0 aromatic heterocycles. The third-order valence-electron chi connectivity index (χ3n) is 3.83. The molecule has 120 valence electrons. The van der Waals surface area contributed by atoms with Gasteiger partial charge < -0.3 is 14.8 Å². The molecule has 0 atom stereocenters. The van der Waals surface area contributed by atoms with Crippen LogP contribution < -0.4 is 9.74 Å². The molecule has 0 bridgehead atoms. The molecule has 1 aromatic rings. The molecule has 1 rings (SSSR count). The van der Waals surface area contributed by atoms with Crippen LogP contribution >= 0.6 is 0 Å². The van der Waals surface area contributed by atoms with Crippen molar-refractivity contribution in [2.45, 2.75) is 38.9 Å². The first kappa shape index (κ1) is 18.0. The van der Waals surface area contributed by atoms with Crippen LogP contribution in [-0.4, -0.2) is 25.3 Å². The molecule has 1 amide bonds. The van der Waals surface area contributed by atoms with Gasteiger partial charge in [-0.2, -0.15) is 0 Å². The average molecular weight is 321 g/mol. The summed E-state index contributed by atoms with van der Waals surface area (Å²) >= 11 is 0. The van der Waals surface area contributed by atoms with Gasteiger partial charge in [0.25, 0.3) is 8.32 Å². The van der Waals surface area contributed by atoms with Crippen LogP contribution in [0.5, 0.6) is 5.75 Å². The van der Waals surface area contributed by atoms with Crippen molar-refractivity contribution >= 4 is 25.9 Å². The number of amides is 1. The molecule has 6 heteroatoms. The largest absolute Gasteiger partial charge is 0.543 e. The number of anilines is 1. The highest BCUT2D eigenvalue weighted by atomic mass is 28.4. The van der Waals surface area contributed by atoms with Crippen molar-refractivity contribution in [2.75, 3.05) is 5.32 Å². The van der Waals surface area contributed by atoms with Crippen LogP contribution in [0, 0.1) is 0 Å². The van der Waals surface area contributed by atoms with E-state index >= 15 is 0 Å². The summed E-state index contributed by atoms with van der Waals surface area (Å²) in [5, 5.41) is 11.9. The first-order valence-electron chi connectivity index (χ1n) is 6.98. The van der Waals surface area contributed by atoms with Gasteiger partial charge in [0.2, 0.25) is 5.91 Å². The normalized spacial score (nSPS) is 11.7. The Morgan fingerprint density at radius 2 is 1.91 bits per heavy atom. The molecule has 0 saturated carbocycles. The third-order valence-corrected chi connectivity index (χ3v) is 8.18. The minimum Gasteiger partial charge on any atom is -0.543 e. The van der Waals surface area contributed by atoms with Crippen molar-refractivity contribution in [1.29, 1.82) is 0 Å². The van der Waals surface area contributed by atoms with E-state index in [2.05, 4.69) is 32.7 Å². The van der Waals surface area contributed by atoms with E-state index in [1.807, 2.05) is 13.1 Å².